The van der Waals surface area contributed by atoms with E-state index in [-0.39, 0.29) is 28.2 Å². The molecule has 2 rings (SSSR count). The molecule has 1 atom stereocenters. The molecule has 26 heavy (non-hydrogen) atoms. The van der Waals surface area contributed by atoms with E-state index in [2.05, 4.69) is 5.32 Å². The van der Waals surface area contributed by atoms with Gasteiger partial charge in [0.05, 0.1) is 11.5 Å². The third-order valence-electron chi connectivity index (χ3n) is 3.63. The fourth-order valence-electron chi connectivity index (χ4n) is 2.32. The van der Waals surface area contributed by atoms with Crippen LogP contribution in [-0.4, -0.2) is 27.9 Å². The summed E-state index contributed by atoms with van der Waals surface area (Å²) in [6.45, 7) is 1.42. The van der Waals surface area contributed by atoms with Crippen LogP contribution < -0.4 is 5.32 Å². The van der Waals surface area contributed by atoms with Gasteiger partial charge in [0.1, 0.15) is 5.82 Å². The zero-order chi connectivity index (χ0) is 19.1. The predicted molar refractivity (Wildman–Crippen MR) is 98.8 cm³/mol. The lowest BCUT2D eigenvalue weighted by atomic mass is 10.00. The number of halogens is 1. The molecule has 0 aromatic heterocycles. The van der Waals surface area contributed by atoms with Crippen LogP contribution in [0.5, 0.6) is 0 Å². The van der Waals surface area contributed by atoms with Crippen LogP contribution in [0, 0.1) is 11.7 Å². The van der Waals surface area contributed by atoms with Crippen molar-refractivity contribution in [3.63, 3.8) is 0 Å². The minimum Gasteiger partial charge on any atom is -0.478 e. The van der Waals surface area contributed by atoms with E-state index in [0.29, 0.717) is 12.1 Å². The van der Waals surface area contributed by atoms with Crippen molar-refractivity contribution in [1.82, 2.24) is 0 Å². The smallest absolute Gasteiger partial charge is 0.335 e. The quantitative estimate of drug-likeness (QED) is 0.773. The molecule has 0 heterocycles. The molecular weight excluding hydrogens is 357 g/mol. The van der Waals surface area contributed by atoms with Crippen molar-refractivity contribution < 1.29 is 23.9 Å². The van der Waals surface area contributed by atoms with Gasteiger partial charge in [-0.2, -0.15) is 0 Å². The number of benzene rings is 2. The van der Waals surface area contributed by atoms with Gasteiger partial charge in [-0.25, -0.2) is 9.18 Å². The highest BCUT2D eigenvalue weighted by Gasteiger charge is 2.20. The third kappa shape index (κ3) is 6.00. The summed E-state index contributed by atoms with van der Waals surface area (Å²) in [6, 6.07) is 11.8. The van der Waals surface area contributed by atoms with Crippen LogP contribution in [-0.2, 0) is 16.0 Å². The molecule has 5 nitrogen and oxygen atoms in total. The zero-order valence-electron chi connectivity index (χ0n) is 14.1. The van der Waals surface area contributed by atoms with Gasteiger partial charge in [-0.05, 0) is 42.3 Å². The van der Waals surface area contributed by atoms with Crippen molar-refractivity contribution in [3.05, 3.63) is 65.5 Å². The molecule has 0 spiro atoms. The van der Waals surface area contributed by atoms with Gasteiger partial charge in [-0.3, -0.25) is 9.59 Å². The average molecular weight is 375 g/mol. The second-order valence-corrected chi connectivity index (χ2v) is 6.90. The van der Waals surface area contributed by atoms with Crippen LogP contribution in [0.4, 0.5) is 10.1 Å². The molecule has 0 saturated heterocycles. The lowest BCUT2D eigenvalue weighted by Gasteiger charge is -2.16. The molecule has 0 saturated carbocycles. The molecule has 2 aromatic rings. The number of hydrogen-bond donors (Lipinski definition) is 2. The van der Waals surface area contributed by atoms with Crippen LogP contribution in [0.25, 0.3) is 0 Å². The summed E-state index contributed by atoms with van der Waals surface area (Å²) >= 11 is 1.04. The van der Waals surface area contributed by atoms with Crippen molar-refractivity contribution in [2.75, 3.05) is 11.1 Å². The first-order chi connectivity index (χ1) is 12.3. The second-order valence-electron chi connectivity index (χ2n) is 5.71. The molecule has 0 fully saturated rings. The van der Waals surface area contributed by atoms with E-state index < -0.39 is 11.9 Å². The minimum atomic E-state index is -1.09. The average Bonchev–Trinajstić information content (AvgIpc) is 2.60. The van der Waals surface area contributed by atoms with Crippen molar-refractivity contribution in [2.24, 2.45) is 5.92 Å². The predicted octanol–water partition coefficient (Wildman–Crippen LogP) is 3.60. The number of carbonyl (C=O) groups is 3. The van der Waals surface area contributed by atoms with Gasteiger partial charge in [-0.15, -0.1) is 0 Å². The monoisotopic (exact) mass is 375 g/mol. The van der Waals surface area contributed by atoms with Gasteiger partial charge in [0.15, 0.2) is 5.12 Å². The summed E-state index contributed by atoms with van der Waals surface area (Å²) in [4.78, 5) is 34.9. The summed E-state index contributed by atoms with van der Waals surface area (Å²) in [5, 5.41) is 11.6. The molecule has 2 N–H and O–H groups in total. The summed E-state index contributed by atoms with van der Waals surface area (Å²) in [7, 11) is 0. The van der Waals surface area contributed by atoms with Crippen molar-refractivity contribution in [1.29, 1.82) is 0 Å². The normalized spacial score (nSPS) is 11.6. The molecule has 0 bridgehead atoms. The molecule has 2 aromatic carbocycles. The van der Waals surface area contributed by atoms with Crippen molar-refractivity contribution >= 4 is 34.4 Å². The van der Waals surface area contributed by atoms with Gasteiger partial charge < -0.3 is 10.4 Å². The van der Waals surface area contributed by atoms with E-state index in [1.165, 1.54) is 31.2 Å². The maximum Gasteiger partial charge on any atom is 0.335 e. The first-order valence-corrected chi connectivity index (χ1v) is 8.85. The molecule has 1 amide bonds. The summed E-state index contributed by atoms with van der Waals surface area (Å²) in [6.07, 6.45) is 0.338. The zero-order valence-corrected chi connectivity index (χ0v) is 14.9. The third-order valence-corrected chi connectivity index (χ3v) is 4.61. The standard InChI is InChI=1S/C19H18FNO4S/c1-12(22)26-11-15(9-13-5-7-16(20)8-6-13)18(23)21-17-4-2-3-14(10-17)19(24)25/h2-8,10,15H,9,11H2,1H3,(H,21,23)(H,24,25). The van der Waals surface area contributed by atoms with E-state index in [1.54, 1.807) is 24.3 Å². The largest absolute Gasteiger partial charge is 0.478 e. The lowest BCUT2D eigenvalue weighted by molar-refractivity contribution is -0.119. The Morgan fingerprint density at radius 2 is 1.85 bits per heavy atom. The number of carboxylic acids is 1. The van der Waals surface area contributed by atoms with E-state index in [1.807, 2.05) is 0 Å². The Balaban J connectivity index is 2.13. The van der Waals surface area contributed by atoms with E-state index >= 15 is 0 Å². The minimum absolute atomic E-state index is 0.0657. The Morgan fingerprint density at radius 3 is 2.46 bits per heavy atom. The van der Waals surface area contributed by atoms with Gasteiger partial charge in [0, 0.05) is 18.4 Å². The molecule has 7 heteroatoms. The highest BCUT2D eigenvalue weighted by Crippen LogP contribution is 2.19. The number of anilines is 1. The van der Waals surface area contributed by atoms with Crippen LogP contribution in [0.15, 0.2) is 48.5 Å². The SMILES string of the molecule is CC(=O)SCC(Cc1ccc(F)cc1)C(=O)Nc1cccc(C(=O)O)c1. The van der Waals surface area contributed by atoms with Gasteiger partial charge in [-0.1, -0.05) is 30.0 Å². The Kier molecular flexibility index (Phi) is 6.91. The molecule has 1 unspecified atom stereocenters. The Labute approximate surface area is 154 Å². The fourth-order valence-corrected chi connectivity index (χ4v) is 3.03. The van der Waals surface area contributed by atoms with Crippen LogP contribution in [0.3, 0.4) is 0 Å². The molecule has 0 aliphatic heterocycles. The van der Waals surface area contributed by atoms with E-state index in [0.717, 1.165) is 17.3 Å². The fraction of sp³-hybridized carbons (Fsp3) is 0.211. The van der Waals surface area contributed by atoms with Gasteiger partial charge in [0.2, 0.25) is 5.91 Å². The number of amides is 1. The van der Waals surface area contributed by atoms with E-state index in [4.69, 9.17) is 5.11 Å². The molecule has 0 aliphatic carbocycles. The number of aromatic carboxylic acids is 1. The van der Waals surface area contributed by atoms with Crippen molar-refractivity contribution in [2.45, 2.75) is 13.3 Å². The van der Waals surface area contributed by atoms with Gasteiger partial charge >= 0.3 is 5.97 Å². The molecule has 0 aliphatic rings. The number of thioether (sulfide) groups is 1. The van der Waals surface area contributed by atoms with Crippen LogP contribution in [0.2, 0.25) is 0 Å². The maximum atomic E-state index is 13.1. The highest BCUT2D eigenvalue weighted by atomic mass is 32.2. The summed E-state index contributed by atoms with van der Waals surface area (Å²) in [5.41, 5.74) is 1.21. The topological polar surface area (TPSA) is 83.5 Å². The lowest BCUT2D eigenvalue weighted by Crippen LogP contribution is -2.27. The maximum absolute atomic E-state index is 13.1. The number of hydrogen-bond acceptors (Lipinski definition) is 4. The summed E-state index contributed by atoms with van der Waals surface area (Å²) in [5.74, 6) is -2.03. The number of carbonyl (C=O) groups excluding carboxylic acids is 2. The van der Waals surface area contributed by atoms with Crippen LogP contribution >= 0.6 is 11.8 Å². The summed E-state index contributed by atoms with van der Waals surface area (Å²) < 4.78 is 13.1. The Morgan fingerprint density at radius 1 is 1.15 bits per heavy atom. The highest BCUT2D eigenvalue weighted by molar-refractivity contribution is 8.13. The van der Waals surface area contributed by atoms with Gasteiger partial charge in [0.25, 0.3) is 0 Å². The van der Waals surface area contributed by atoms with Crippen molar-refractivity contribution in [3.8, 4) is 0 Å². The molecule has 0 radical (unpaired) electrons. The number of carboxylic acid groups (broad SMARTS) is 1. The number of nitrogens with one attached hydrogen (secondary N) is 1. The van der Waals surface area contributed by atoms with Crippen LogP contribution in [0.1, 0.15) is 22.8 Å². The Hall–Kier alpha value is -2.67. The first kappa shape index (κ1) is 19.7. The number of rotatable bonds is 7. The second kappa shape index (κ2) is 9.15. The molecular formula is C19H18FNO4S. The first-order valence-electron chi connectivity index (χ1n) is 7.87. The molecule has 136 valence electrons. The Bertz CT molecular complexity index is 807. The van der Waals surface area contributed by atoms with E-state index in [9.17, 15) is 18.8 Å².